The lowest BCUT2D eigenvalue weighted by Crippen LogP contribution is -2.44. The molecule has 6 heteroatoms. The summed E-state index contributed by atoms with van der Waals surface area (Å²) >= 11 is 1.68. The van der Waals surface area contributed by atoms with Crippen molar-refractivity contribution in [2.75, 3.05) is 13.1 Å². The minimum absolute atomic E-state index is 0. The third-order valence-corrected chi connectivity index (χ3v) is 6.03. The van der Waals surface area contributed by atoms with E-state index in [0.717, 1.165) is 24.7 Å². The highest BCUT2D eigenvalue weighted by Gasteiger charge is 2.35. The molecule has 1 aromatic heterocycles. The molecule has 0 bridgehead atoms. The number of aromatic nitrogens is 1. The number of thiazole rings is 1. The summed E-state index contributed by atoms with van der Waals surface area (Å²) in [5, 5.41) is 6.99. The number of aliphatic imine (C=N–C) groups is 1. The van der Waals surface area contributed by atoms with Crippen molar-refractivity contribution in [2.45, 2.75) is 51.5 Å². The summed E-state index contributed by atoms with van der Waals surface area (Å²) in [4.78, 5) is 10.3. The van der Waals surface area contributed by atoms with Gasteiger partial charge in [0.1, 0.15) is 0 Å². The van der Waals surface area contributed by atoms with Gasteiger partial charge in [-0.25, -0.2) is 9.98 Å². The molecule has 26 heavy (non-hydrogen) atoms. The molecule has 0 radical (unpaired) electrons. The second-order valence-corrected chi connectivity index (χ2v) is 7.70. The molecular weight excluding hydrogens is 455 g/mol. The van der Waals surface area contributed by atoms with Gasteiger partial charge < -0.3 is 10.6 Å². The Morgan fingerprint density at radius 2 is 1.92 bits per heavy atom. The zero-order chi connectivity index (χ0) is 17.5. The predicted octanol–water partition coefficient (Wildman–Crippen LogP) is 4.64. The van der Waals surface area contributed by atoms with E-state index in [0.29, 0.717) is 6.54 Å². The van der Waals surface area contributed by atoms with E-state index >= 15 is 0 Å². The van der Waals surface area contributed by atoms with Crippen LogP contribution in [0.2, 0.25) is 0 Å². The Hall–Kier alpha value is -1.15. The van der Waals surface area contributed by atoms with Crippen LogP contribution in [0.25, 0.3) is 0 Å². The Labute approximate surface area is 177 Å². The van der Waals surface area contributed by atoms with E-state index in [1.54, 1.807) is 11.3 Å². The molecule has 1 aromatic carbocycles. The molecule has 0 spiro atoms. The highest BCUT2D eigenvalue weighted by Crippen LogP contribution is 2.40. The van der Waals surface area contributed by atoms with E-state index in [4.69, 9.17) is 4.99 Å². The summed E-state index contributed by atoms with van der Waals surface area (Å²) in [7, 11) is 0. The number of rotatable bonds is 6. The zero-order valence-corrected chi connectivity index (χ0v) is 18.8. The maximum atomic E-state index is 4.77. The van der Waals surface area contributed by atoms with Crippen molar-refractivity contribution in [3.8, 4) is 0 Å². The minimum atomic E-state index is 0. The quantitative estimate of drug-likeness (QED) is 0.357. The van der Waals surface area contributed by atoms with E-state index in [1.807, 2.05) is 12.4 Å². The molecule has 2 N–H and O–H groups in total. The first-order chi connectivity index (χ1) is 12.2. The Morgan fingerprint density at radius 1 is 1.19 bits per heavy atom. The summed E-state index contributed by atoms with van der Waals surface area (Å²) < 4.78 is 0. The molecule has 142 valence electrons. The average molecular weight is 484 g/mol. The normalized spacial score (nSPS) is 16.2. The topological polar surface area (TPSA) is 49.3 Å². The smallest absolute Gasteiger partial charge is 0.191 e. The van der Waals surface area contributed by atoms with Crippen LogP contribution in [0.5, 0.6) is 0 Å². The fourth-order valence-electron chi connectivity index (χ4n) is 3.63. The van der Waals surface area contributed by atoms with Crippen molar-refractivity contribution >= 4 is 41.3 Å². The molecule has 1 fully saturated rings. The molecule has 0 amide bonds. The number of benzene rings is 1. The fourth-order valence-corrected chi connectivity index (χ4v) is 4.33. The van der Waals surface area contributed by atoms with Crippen molar-refractivity contribution in [3.63, 3.8) is 0 Å². The number of guanidine groups is 1. The monoisotopic (exact) mass is 484 g/mol. The van der Waals surface area contributed by atoms with Gasteiger partial charge in [0, 0.05) is 23.4 Å². The molecule has 0 atom stereocenters. The second kappa shape index (κ2) is 10.3. The summed E-state index contributed by atoms with van der Waals surface area (Å²) in [6.45, 7) is 6.64. The fraction of sp³-hybridized carbons (Fsp3) is 0.500. The highest BCUT2D eigenvalue weighted by molar-refractivity contribution is 14.0. The van der Waals surface area contributed by atoms with Crippen LogP contribution >= 0.6 is 35.3 Å². The number of aryl methyl sites for hydroxylation is 1. The maximum Gasteiger partial charge on any atom is 0.191 e. The van der Waals surface area contributed by atoms with Crippen LogP contribution in [0.4, 0.5) is 0 Å². The molecule has 4 nitrogen and oxygen atoms in total. The molecule has 2 aromatic rings. The van der Waals surface area contributed by atoms with Crippen molar-refractivity contribution in [1.29, 1.82) is 0 Å². The number of hydrogen-bond donors (Lipinski definition) is 2. The van der Waals surface area contributed by atoms with E-state index in [2.05, 4.69) is 52.9 Å². The van der Waals surface area contributed by atoms with Crippen LogP contribution in [0, 0.1) is 6.92 Å². The van der Waals surface area contributed by atoms with Crippen LogP contribution < -0.4 is 10.6 Å². The first kappa shape index (κ1) is 21.2. The summed E-state index contributed by atoms with van der Waals surface area (Å²) in [6, 6.07) is 11.0. The van der Waals surface area contributed by atoms with Crippen molar-refractivity contribution in [2.24, 2.45) is 4.99 Å². The third-order valence-electron chi connectivity index (χ3n) is 5.11. The van der Waals surface area contributed by atoms with Gasteiger partial charge in [-0.2, -0.15) is 0 Å². The third kappa shape index (κ3) is 5.19. The largest absolute Gasteiger partial charge is 0.357 e. The van der Waals surface area contributed by atoms with Crippen LogP contribution in [0.1, 0.15) is 48.7 Å². The lowest BCUT2D eigenvalue weighted by Gasteiger charge is -2.30. The van der Waals surface area contributed by atoms with Gasteiger partial charge in [0.2, 0.25) is 0 Å². The second-order valence-electron chi connectivity index (χ2n) is 6.76. The first-order valence-corrected chi connectivity index (χ1v) is 10.1. The van der Waals surface area contributed by atoms with Crippen LogP contribution in [0.15, 0.2) is 40.8 Å². The van der Waals surface area contributed by atoms with Gasteiger partial charge in [0.25, 0.3) is 0 Å². The average Bonchev–Trinajstić information content (AvgIpc) is 3.28. The lowest BCUT2D eigenvalue weighted by atomic mass is 9.79. The lowest BCUT2D eigenvalue weighted by molar-refractivity contribution is 0.432. The van der Waals surface area contributed by atoms with E-state index in [9.17, 15) is 0 Å². The van der Waals surface area contributed by atoms with Gasteiger partial charge in [-0.1, -0.05) is 43.2 Å². The summed E-state index contributed by atoms with van der Waals surface area (Å²) in [5.41, 5.74) is 4.66. The predicted molar refractivity (Wildman–Crippen MR) is 122 cm³/mol. The van der Waals surface area contributed by atoms with Crippen molar-refractivity contribution in [1.82, 2.24) is 15.6 Å². The number of nitrogens with one attached hydrogen (secondary N) is 2. The van der Waals surface area contributed by atoms with Gasteiger partial charge in [0.15, 0.2) is 5.96 Å². The van der Waals surface area contributed by atoms with Crippen molar-refractivity contribution in [3.05, 3.63) is 52.0 Å². The summed E-state index contributed by atoms with van der Waals surface area (Å²) in [5.74, 6) is 0.900. The molecule has 0 saturated heterocycles. The van der Waals surface area contributed by atoms with Crippen LogP contribution in [-0.4, -0.2) is 24.0 Å². The van der Waals surface area contributed by atoms with E-state index in [1.165, 1.54) is 36.1 Å². The van der Waals surface area contributed by atoms with Crippen LogP contribution in [0.3, 0.4) is 0 Å². The Kier molecular flexibility index (Phi) is 8.34. The highest BCUT2D eigenvalue weighted by atomic mass is 127. The molecule has 0 aliphatic heterocycles. The van der Waals surface area contributed by atoms with Gasteiger partial charge >= 0.3 is 0 Å². The standard InChI is InChI=1S/C20H28N4S.HI/c1-3-21-19(22-13-18-16(2)24-15-25-18)23-14-20(11-7-8-12-20)17-9-5-4-6-10-17;/h4-6,9-10,15H,3,7-8,11-14H2,1-2H3,(H2,21,22,23);1H. The Morgan fingerprint density at radius 3 is 2.54 bits per heavy atom. The van der Waals surface area contributed by atoms with E-state index in [-0.39, 0.29) is 29.4 Å². The van der Waals surface area contributed by atoms with E-state index < -0.39 is 0 Å². The number of nitrogens with zero attached hydrogens (tertiary/aromatic N) is 2. The van der Waals surface area contributed by atoms with Gasteiger partial charge in [-0.3, -0.25) is 0 Å². The van der Waals surface area contributed by atoms with Gasteiger partial charge in [-0.05, 0) is 32.3 Å². The van der Waals surface area contributed by atoms with Crippen LogP contribution in [-0.2, 0) is 12.0 Å². The SMILES string of the molecule is CCNC(=NCc1scnc1C)NCC1(c2ccccc2)CCCC1.I. The van der Waals surface area contributed by atoms with Gasteiger partial charge in [0.05, 0.1) is 17.7 Å². The molecule has 1 aliphatic rings. The molecule has 1 saturated carbocycles. The van der Waals surface area contributed by atoms with Gasteiger partial charge in [-0.15, -0.1) is 35.3 Å². The molecule has 1 heterocycles. The zero-order valence-electron chi connectivity index (χ0n) is 15.6. The van der Waals surface area contributed by atoms with Crippen molar-refractivity contribution < 1.29 is 0 Å². The first-order valence-electron chi connectivity index (χ1n) is 9.20. The number of halogens is 1. The maximum absolute atomic E-state index is 4.77. The molecule has 0 unspecified atom stereocenters. The molecular formula is C20H29IN4S. The Bertz CT molecular complexity index is 693. The molecule has 1 aliphatic carbocycles. The Balaban J connectivity index is 0.00000243. The minimum Gasteiger partial charge on any atom is -0.357 e. The number of hydrogen-bond acceptors (Lipinski definition) is 3. The molecule has 3 rings (SSSR count). The summed E-state index contributed by atoms with van der Waals surface area (Å²) in [6.07, 6.45) is 5.11.